The Hall–Kier alpha value is -1.14. The number of aryl methyl sites for hydroxylation is 2. The summed E-state index contributed by atoms with van der Waals surface area (Å²) >= 11 is 1.57. The first-order valence-corrected chi connectivity index (χ1v) is 8.07. The second-order valence-electron chi connectivity index (χ2n) is 6.06. The standard InChI is InChI=1S/C15H26N4OS/c1-9(2)19-15(6,13(16)20)8-12(5)21-14-17-10(3)7-11(4)18-14/h7,9,12,19H,8H2,1-6H3,(H2,16,20). The van der Waals surface area contributed by atoms with Gasteiger partial charge in [-0.3, -0.25) is 4.79 Å². The van der Waals surface area contributed by atoms with Crippen LogP contribution in [0.2, 0.25) is 0 Å². The largest absolute Gasteiger partial charge is 0.368 e. The fourth-order valence-electron chi connectivity index (χ4n) is 2.41. The summed E-state index contributed by atoms with van der Waals surface area (Å²) < 4.78 is 0. The first-order valence-electron chi connectivity index (χ1n) is 7.19. The van der Waals surface area contributed by atoms with Gasteiger partial charge in [0, 0.05) is 22.7 Å². The molecule has 5 nitrogen and oxygen atoms in total. The number of carbonyl (C=O) groups is 1. The van der Waals surface area contributed by atoms with Crippen LogP contribution in [-0.4, -0.2) is 32.7 Å². The number of aromatic nitrogens is 2. The van der Waals surface area contributed by atoms with Crippen LogP contribution >= 0.6 is 11.8 Å². The molecule has 0 fully saturated rings. The molecule has 1 heterocycles. The molecule has 1 aromatic rings. The monoisotopic (exact) mass is 310 g/mol. The molecule has 0 saturated heterocycles. The Morgan fingerprint density at radius 3 is 2.29 bits per heavy atom. The van der Waals surface area contributed by atoms with Crippen LogP contribution in [0.25, 0.3) is 0 Å². The van der Waals surface area contributed by atoms with Crippen molar-refractivity contribution < 1.29 is 4.79 Å². The number of nitrogens with one attached hydrogen (secondary N) is 1. The van der Waals surface area contributed by atoms with E-state index >= 15 is 0 Å². The minimum absolute atomic E-state index is 0.176. The smallest absolute Gasteiger partial charge is 0.237 e. The number of thioether (sulfide) groups is 1. The third-order valence-electron chi connectivity index (χ3n) is 3.12. The SMILES string of the molecule is Cc1cc(C)nc(SC(C)CC(C)(NC(C)C)C(N)=O)n1. The number of hydrogen-bond donors (Lipinski definition) is 2. The minimum atomic E-state index is -0.723. The molecule has 0 saturated carbocycles. The zero-order valence-corrected chi connectivity index (χ0v) is 14.5. The second-order valence-corrected chi connectivity index (χ2v) is 7.47. The van der Waals surface area contributed by atoms with E-state index in [1.807, 2.05) is 40.7 Å². The normalized spacial score (nSPS) is 15.8. The third kappa shape index (κ3) is 5.63. The average molecular weight is 310 g/mol. The molecule has 0 aliphatic heterocycles. The van der Waals surface area contributed by atoms with Crippen molar-refractivity contribution in [3.05, 3.63) is 17.5 Å². The molecule has 0 aliphatic carbocycles. The van der Waals surface area contributed by atoms with E-state index in [4.69, 9.17) is 5.73 Å². The van der Waals surface area contributed by atoms with E-state index in [2.05, 4.69) is 22.2 Å². The Kier molecular flexibility index (Phi) is 6.16. The lowest BCUT2D eigenvalue weighted by Gasteiger charge is -2.32. The van der Waals surface area contributed by atoms with Crippen molar-refractivity contribution in [1.29, 1.82) is 0 Å². The molecule has 118 valence electrons. The molecule has 3 N–H and O–H groups in total. The summed E-state index contributed by atoms with van der Waals surface area (Å²) in [5, 5.41) is 4.19. The Morgan fingerprint density at radius 2 is 1.86 bits per heavy atom. The van der Waals surface area contributed by atoms with Gasteiger partial charge in [0.05, 0.1) is 5.54 Å². The molecule has 2 unspecified atom stereocenters. The van der Waals surface area contributed by atoms with Crippen molar-refractivity contribution in [3.63, 3.8) is 0 Å². The summed E-state index contributed by atoms with van der Waals surface area (Å²) in [5.41, 5.74) is 6.75. The van der Waals surface area contributed by atoms with Gasteiger partial charge in [0.25, 0.3) is 0 Å². The van der Waals surface area contributed by atoms with Crippen LogP contribution in [0.5, 0.6) is 0 Å². The number of amides is 1. The molecule has 1 amide bonds. The molecular formula is C15H26N4OS. The number of hydrogen-bond acceptors (Lipinski definition) is 5. The number of nitrogens with zero attached hydrogens (tertiary/aromatic N) is 2. The van der Waals surface area contributed by atoms with E-state index in [0.717, 1.165) is 16.5 Å². The van der Waals surface area contributed by atoms with Crippen LogP contribution < -0.4 is 11.1 Å². The van der Waals surface area contributed by atoms with E-state index in [0.29, 0.717) is 6.42 Å². The van der Waals surface area contributed by atoms with Crippen LogP contribution in [0.3, 0.4) is 0 Å². The Bertz CT molecular complexity index is 486. The lowest BCUT2D eigenvalue weighted by molar-refractivity contribution is -0.124. The van der Waals surface area contributed by atoms with E-state index in [9.17, 15) is 4.79 Å². The Labute approximate surface area is 131 Å². The Balaban J connectivity index is 2.78. The van der Waals surface area contributed by atoms with Gasteiger partial charge in [-0.15, -0.1) is 0 Å². The summed E-state index contributed by atoms with van der Waals surface area (Å²) in [4.78, 5) is 20.6. The highest BCUT2D eigenvalue weighted by Gasteiger charge is 2.33. The van der Waals surface area contributed by atoms with Gasteiger partial charge in [0.2, 0.25) is 5.91 Å². The molecule has 1 rings (SSSR count). The summed E-state index contributed by atoms with van der Waals surface area (Å²) in [6, 6.07) is 2.14. The molecule has 1 aromatic heterocycles. The lowest BCUT2D eigenvalue weighted by atomic mass is 9.94. The van der Waals surface area contributed by atoms with Gasteiger partial charge in [0.15, 0.2) is 5.16 Å². The summed E-state index contributed by atoms with van der Waals surface area (Å²) in [6.45, 7) is 11.8. The fraction of sp³-hybridized carbons (Fsp3) is 0.667. The summed E-state index contributed by atoms with van der Waals surface area (Å²) in [6.07, 6.45) is 0.627. The lowest BCUT2D eigenvalue weighted by Crippen LogP contribution is -2.56. The zero-order valence-electron chi connectivity index (χ0n) is 13.7. The molecule has 0 aromatic carbocycles. The average Bonchev–Trinajstić information content (AvgIpc) is 2.24. The number of rotatable bonds is 7. The molecule has 2 atom stereocenters. The van der Waals surface area contributed by atoms with Crippen LogP contribution in [-0.2, 0) is 4.79 Å². The van der Waals surface area contributed by atoms with Crippen molar-refractivity contribution in [2.24, 2.45) is 5.73 Å². The zero-order chi connectivity index (χ0) is 16.2. The van der Waals surface area contributed by atoms with Crippen molar-refractivity contribution in [1.82, 2.24) is 15.3 Å². The highest BCUT2D eigenvalue weighted by Crippen LogP contribution is 2.27. The fourth-order valence-corrected chi connectivity index (χ4v) is 3.58. The maximum Gasteiger partial charge on any atom is 0.237 e. The first-order chi connectivity index (χ1) is 9.62. The van der Waals surface area contributed by atoms with Crippen molar-refractivity contribution in [3.8, 4) is 0 Å². The van der Waals surface area contributed by atoms with Gasteiger partial charge >= 0.3 is 0 Å². The van der Waals surface area contributed by atoms with Crippen LogP contribution in [0.15, 0.2) is 11.2 Å². The highest BCUT2D eigenvalue weighted by atomic mass is 32.2. The summed E-state index contributed by atoms with van der Waals surface area (Å²) in [5.74, 6) is -0.329. The molecule has 0 radical (unpaired) electrons. The van der Waals surface area contributed by atoms with Crippen LogP contribution in [0.1, 0.15) is 45.5 Å². The molecular weight excluding hydrogens is 284 g/mol. The maximum absolute atomic E-state index is 11.8. The van der Waals surface area contributed by atoms with Gasteiger partial charge in [-0.25, -0.2) is 9.97 Å². The molecule has 0 aliphatic rings. The third-order valence-corrected chi connectivity index (χ3v) is 4.08. The van der Waals surface area contributed by atoms with Crippen LogP contribution in [0.4, 0.5) is 0 Å². The summed E-state index contributed by atoms with van der Waals surface area (Å²) in [7, 11) is 0. The van der Waals surface area contributed by atoms with Crippen molar-refractivity contribution in [2.75, 3.05) is 0 Å². The number of nitrogens with two attached hydrogens (primary N) is 1. The first kappa shape index (κ1) is 17.9. The predicted octanol–water partition coefficient (Wildman–Crippen LogP) is 2.21. The maximum atomic E-state index is 11.8. The van der Waals surface area contributed by atoms with Gasteiger partial charge in [0.1, 0.15) is 0 Å². The van der Waals surface area contributed by atoms with Gasteiger partial charge in [-0.2, -0.15) is 0 Å². The predicted molar refractivity (Wildman–Crippen MR) is 87.3 cm³/mol. The van der Waals surface area contributed by atoms with Gasteiger partial charge in [-0.1, -0.05) is 18.7 Å². The number of carbonyl (C=O) groups excluding carboxylic acids is 1. The molecule has 21 heavy (non-hydrogen) atoms. The molecule has 0 bridgehead atoms. The topological polar surface area (TPSA) is 80.9 Å². The van der Waals surface area contributed by atoms with Crippen LogP contribution in [0, 0.1) is 13.8 Å². The van der Waals surface area contributed by atoms with E-state index in [-0.39, 0.29) is 17.2 Å². The van der Waals surface area contributed by atoms with Crippen molar-refractivity contribution in [2.45, 2.75) is 70.0 Å². The molecule has 6 heteroatoms. The molecule has 0 spiro atoms. The second kappa shape index (κ2) is 7.22. The van der Waals surface area contributed by atoms with Crippen molar-refractivity contribution >= 4 is 17.7 Å². The highest BCUT2D eigenvalue weighted by molar-refractivity contribution is 7.99. The van der Waals surface area contributed by atoms with E-state index in [1.165, 1.54) is 0 Å². The Morgan fingerprint density at radius 1 is 1.33 bits per heavy atom. The quantitative estimate of drug-likeness (QED) is 0.596. The van der Waals surface area contributed by atoms with E-state index < -0.39 is 5.54 Å². The number of primary amides is 1. The minimum Gasteiger partial charge on any atom is -0.368 e. The van der Waals surface area contributed by atoms with Gasteiger partial charge in [-0.05, 0) is 47.1 Å². The van der Waals surface area contributed by atoms with E-state index in [1.54, 1.807) is 11.8 Å². The van der Waals surface area contributed by atoms with Gasteiger partial charge < -0.3 is 11.1 Å².